The molecule has 1 N–H and O–H groups in total. The molecular weight excluding hydrogens is 226 g/mol. The van der Waals surface area contributed by atoms with Gasteiger partial charge in [-0.1, -0.05) is 12.1 Å². The highest BCUT2D eigenvalue weighted by Gasteiger charge is 2.26. The third-order valence-electron chi connectivity index (χ3n) is 3.96. The van der Waals surface area contributed by atoms with Gasteiger partial charge in [-0.2, -0.15) is 0 Å². The summed E-state index contributed by atoms with van der Waals surface area (Å²) in [5.74, 6) is -0.212. The number of carboxylic acids is 1. The minimum atomic E-state index is -0.628. The number of rotatable bonds is 3. The summed E-state index contributed by atoms with van der Waals surface area (Å²) in [4.78, 5) is 13.0. The van der Waals surface area contributed by atoms with Crippen LogP contribution in [0.25, 0.3) is 0 Å². The molecule has 1 aliphatic carbocycles. The number of carboxylic acid groups (broad SMARTS) is 1. The van der Waals surface area contributed by atoms with Crippen LogP contribution in [0.15, 0.2) is 24.3 Å². The Bertz CT molecular complexity index is 403. The second-order valence-electron chi connectivity index (χ2n) is 5.37. The van der Waals surface area contributed by atoms with Gasteiger partial charge in [-0.25, -0.2) is 0 Å². The van der Waals surface area contributed by atoms with Crippen LogP contribution in [0.1, 0.15) is 37.2 Å². The van der Waals surface area contributed by atoms with E-state index in [1.54, 1.807) is 0 Å². The first-order valence-corrected chi connectivity index (χ1v) is 6.58. The first kappa shape index (κ1) is 12.9. The number of benzene rings is 1. The largest absolute Gasteiger partial charge is 0.481 e. The summed E-state index contributed by atoms with van der Waals surface area (Å²) < 4.78 is 0. The fraction of sp³-hybridized carbons (Fsp3) is 0.533. The normalized spacial score (nSPS) is 23.7. The maximum absolute atomic E-state index is 10.9. The standard InChI is InChI=1S/C15H21NO2/c1-16(2)14-9-7-12(8-10-14)11-3-5-13(6-4-11)15(17)18/h7-11,13H,3-6H2,1-2H3,(H,17,18). The molecule has 0 heterocycles. The van der Waals surface area contributed by atoms with Crippen molar-refractivity contribution in [2.24, 2.45) is 5.92 Å². The lowest BCUT2D eigenvalue weighted by molar-refractivity contribution is -0.142. The van der Waals surface area contributed by atoms with Gasteiger partial charge in [0.25, 0.3) is 0 Å². The molecule has 0 spiro atoms. The summed E-state index contributed by atoms with van der Waals surface area (Å²) in [6, 6.07) is 8.64. The second-order valence-corrected chi connectivity index (χ2v) is 5.37. The van der Waals surface area contributed by atoms with E-state index < -0.39 is 5.97 Å². The molecule has 0 aliphatic heterocycles. The van der Waals surface area contributed by atoms with Crippen LogP contribution in [0.2, 0.25) is 0 Å². The van der Waals surface area contributed by atoms with Crippen molar-refractivity contribution < 1.29 is 9.90 Å². The van der Waals surface area contributed by atoms with Gasteiger partial charge in [-0.3, -0.25) is 4.79 Å². The van der Waals surface area contributed by atoms with Gasteiger partial charge in [-0.05, 0) is 49.3 Å². The van der Waals surface area contributed by atoms with Gasteiger partial charge in [0.15, 0.2) is 0 Å². The van der Waals surface area contributed by atoms with E-state index in [9.17, 15) is 4.79 Å². The molecular formula is C15H21NO2. The molecule has 2 rings (SSSR count). The molecule has 18 heavy (non-hydrogen) atoms. The van der Waals surface area contributed by atoms with Crippen molar-refractivity contribution in [3.05, 3.63) is 29.8 Å². The summed E-state index contributed by atoms with van der Waals surface area (Å²) in [5, 5.41) is 8.99. The Balaban J connectivity index is 1.99. The highest BCUT2D eigenvalue weighted by molar-refractivity contribution is 5.70. The zero-order chi connectivity index (χ0) is 13.1. The minimum Gasteiger partial charge on any atom is -0.481 e. The van der Waals surface area contributed by atoms with E-state index in [0.29, 0.717) is 5.92 Å². The van der Waals surface area contributed by atoms with E-state index in [1.165, 1.54) is 11.3 Å². The van der Waals surface area contributed by atoms with Gasteiger partial charge in [0.2, 0.25) is 0 Å². The lowest BCUT2D eigenvalue weighted by Gasteiger charge is -2.26. The van der Waals surface area contributed by atoms with Crippen molar-refractivity contribution in [2.75, 3.05) is 19.0 Å². The molecule has 0 aromatic heterocycles. The molecule has 0 radical (unpaired) electrons. The van der Waals surface area contributed by atoms with E-state index in [0.717, 1.165) is 25.7 Å². The highest BCUT2D eigenvalue weighted by Crippen LogP contribution is 2.36. The zero-order valence-corrected chi connectivity index (χ0v) is 11.1. The third kappa shape index (κ3) is 2.84. The lowest BCUT2D eigenvalue weighted by Crippen LogP contribution is -2.20. The van der Waals surface area contributed by atoms with Crippen molar-refractivity contribution in [1.82, 2.24) is 0 Å². The van der Waals surface area contributed by atoms with Crippen LogP contribution in [0.4, 0.5) is 5.69 Å². The lowest BCUT2D eigenvalue weighted by atomic mass is 9.79. The van der Waals surface area contributed by atoms with Crippen LogP contribution in [0.5, 0.6) is 0 Å². The van der Waals surface area contributed by atoms with Crippen molar-refractivity contribution in [1.29, 1.82) is 0 Å². The molecule has 0 amide bonds. The summed E-state index contributed by atoms with van der Waals surface area (Å²) in [6.07, 6.45) is 3.63. The Labute approximate surface area is 108 Å². The predicted molar refractivity (Wildman–Crippen MR) is 73.1 cm³/mol. The molecule has 3 heteroatoms. The number of hydrogen-bond acceptors (Lipinski definition) is 2. The van der Waals surface area contributed by atoms with Crippen LogP contribution in [0.3, 0.4) is 0 Å². The number of carbonyl (C=O) groups is 1. The predicted octanol–water partition coefficient (Wildman–Crippen LogP) is 3.11. The summed E-state index contributed by atoms with van der Waals surface area (Å²) in [5.41, 5.74) is 2.56. The Kier molecular flexibility index (Phi) is 3.90. The molecule has 1 fully saturated rings. The molecule has 0 saturated heterocycles. The summed E-state index contributed by atoms with van der Waals surface area (Å²) in [6.45, 7) is 0. The number of anilines is 1. The Morgan fingerprint density at radius 3 is 2.11 bits per heavy atom. The fourth-order valence-electron chi connectivity index (χ4n) is 2.72. The van der Waals surface area contributed by atoms with Crippen LogP contribution in [0, 0.1) is 5.92 Å². The average molecular weight is 247 g/mol. The highest BCUT2D eigenvalue weighted by atomic mass is 16.4. The second kappa shape index (κ2) is 5.42. The van der Waals surface area contributed by atoms with Crippen molar-refractivity contribution in [3.8, 4) is 0 Å². The number of hydrogen-bond donors (Lipinski definition) is 1. The molecule has 0 bridgehead atoms. The number of aliphatic carboxylic acids is 1. The van der Waals surface area contributed by atoms with Crippen LogP contribution in [-0.2, 0) is 4.79 Å². The Morgan fingerprint density at radius 2 is 1.67 bits per heavy atom. The molecule has 98 valence electrons. The third-order valence-corrected chi connectivity index (χ3v) is 3.96. The molecule has 0 unspecified atom stereocenters. The van der Waals surface area contributed by atoms with Gasteiger partial charge in [0, 0.05) is 19.8 Å². The van der Waals surface area contributed by atoms with E-state index in [1.807, 2.05) is 14.1 Å². The molecule has 3 nitrogen and oxygen atoms in total. The zero-order valence-electron chi connectivity index (χ0n) is 11.1. The molecule has 0 atom stereocenters. The van der Waals surface area contributed by atoms with Gasteiger partial charge in [0.1, 0.15) is 0 Å². The summed E-state index contributed by atoms with van der Waals surface area (Å²) >= 11 is 0. The maximum atomic E-state index is 10.9. The van der Waals surface area contributed by atoms with E-state index >= 15 is 0 Å². The van der Waals surface area contributed by atoms with Crippen LogP contribution >= 0.6 is 0 Å². The van der Waals surface area contributed by atoms with Gasteiger partial charge >= 0.3 is 5.97 Å². The minimum absolute atomic E-state index is 0.123. The van der Waals surface area contributed by atoms with Crippen LogP contribution < -0.4 is 4.90 Å². The summed E-state index contributed by atoms with van der Waals surface area (Å²) in [7, 11) is 4.07. The van der Waals surface area contributed by atoms with Gasteiger partial charge in [0.05, 0.1) is 5.92 Å². The van der Waals surface area contributed by atoms with E-state index in [4.69, 9.17) is 5.11 Å². The average Bonchev–Trinajstić information content (AvgIpc) is 2.39. The quantitative estimate of drug-likeness (QED) is 0.892. The number of nitrogens with zero attached hydrogens (tertiary/aromatic N) is 1. The maximum Gasteiger partial charge on any atom is 0.306 e. The fourth-order valence-corrected chi connectivity index (χ4v) is 2.72. The van der Waals surface area contributed by atoms with Gasteiger partial charge in [-0.15, -0.1) is 0 Å². The Morgan fingerprint density at radius 1 is 1.11 bits per heavy atom. The SMILES string of the molecule is CN(C)c1ccc(C2CCC(C(=O)O)CC2)cc1. The molecule has 1 aromatic rings. The van der Waals surface area contributed by atoms with Crippen molar-refractivity contribution in [2.45, 2.75) is 31.6 Å². The van der Waals surface area contributed by atoms with E-state index in [2.05, 4.69) is 29.2 Å². The Hall–Kier alpha value is -1.51. The van der Waals surface area contributed by atoms with E-state index in [-0.39, 0.29) is 5.92 Å². The first-order chi connectivity index (χ1) is 8.58. The topological polar surface area (TPSA) is 40.5 Å². The van der Waals surface area contributed by atoms with Crippen molar-refractivity contribution in [3.63, 3.8) is 0 Å². The monoisotopic (exact) mass is 247 g/mol. The van der Waals surface area contributed by atoms with Crippen molar-refractivity contribution >= 4 is 11.7 Å². The first-order valence-electron chi connectivity index (χ1n) is 6.58. The van der Waals surface area contributed by atoms with Gasteiger partial charge < -0.3 is 10.0 Å². The molecule has 1 saturated carbocycles. The molecule has 1 aliphatic rings. The van der Waals surface area contributed by atoms with Crippen LogP contribution in [-0.4, -0.2) is 25.2 Å². The molecule has 1 aromatic carbocycles. The smallest absolute Gasteiger partial charge is 0.306 e.